The molecule has 2 heterocycles. The lowest BCUT2D eigenvalue weighted by Crippen LogP contribution is -2.21. The third-order valence-corrected chi connectivity index (χ3v) is 3.56. The zero-order valence-electron chi connectivity index (χ0n) is 12.2. The van der Waals surface area contributed by atoms with Crippen LogP contribution < -0.4 is 0 Å². The summed E-state index contributed by atoms with van der Waals surface area (Å²) in [5.74, 6) is 0.874. The molecule has 0 bridgehead atoms. The first-order valence-corrected chi connectivity index (χ1v) is 6.77. The van der Waals surface area contributed by atoms with E-state index in [0.29, 0.717) is 23.8 Å². The number of benzene rings is 1. The minimum Gasteiger partial charge on any atom is -0.387 e. The van der Waals surface area contributed by atoms with Gasteiger partial charge in [-0.1, -0.05) is 40.6 Å². The van der Waals surface area contributed by atoms with E-state index in [2.05, 4.69) is 15.3 Å². The van der Waals surface area contributed by atoms with Crippen LogP contribution in [0.1, 0.15) is 43.7 Å². The largest absolute Gasteiger partial charge is 0.387 e. The number of hydrogen-bond donors (Lipinski definition) is 0. The van der Waals surface area contributed by atoms with E-state index in [1.165, 1.54) is 0 Å². The van der Waals surface area contributed by atoms with Crippen LogP contribution in [0.2, 0.25) is 0 Å². The molecule has 0 radical (unpaired) electrons. The highest BCUT2D eigenvalue weighted by molar-refractivity contribution is 5.97. The van der Waals surface area contributed by atoms with Crippen LogP contribution >= 0.6 is 0 Å². The van der Waals surface area contributed by atoms with E-state index >= 15 is 0 Å². The molecule has 110 valence electrons. The highest BCUT2D eigenvalue weighted by atomic mass is 16.6. The molecule has 21 heavy (non-hydrogen) atoms. The fourth-order valence-corrected chi connectivity index (χ4v) is 2.03. The fourth-order valence-electron chi connectivity index (χ4n) is 2.03. The standard InChI is InChI=1S/C15H17N3O3/c1-15(2,19-3)14-16-13(21-18-14)11-9-12(20-17-11)10-7-5-4-6-8-10/h4-8,12H,9H2,1-3H3/t12-/m1/s1. The third kappa shape index (κ3) is 2.67. The molecule has 0 fully saturated rings. The zero-order valence-corrected chi connectivity index (χ0v) is 12.2. The third-order valence-electron chi connectivity index (χ3n) is 3.56. The monoisotopic (exact) mass is 287 g/mol. The van der Waals surface area contributed by atoms with Crippen molar-refractivity contribution in [3.05, 3.63) is 47.6 Å². The molecule has 1 aromatic heterocycles. The molecule has 0 saturated carbocycles. The van der Waals surface area contributed by atoms with Gasteiger partial charge in [-0.25, -0.2) is 0 Å². The minimum absolute atomic E-state index is 0.105. The van der Waals surface area contributed by atoms with Gasteiger partial charge in [0.2, 0.25) is 5.82 Å². The summed E-state index contributed by atoms with van der Waals surface area (Å²) in [7, 11) is 1.61. The van der Waals surface area contributed by atoms with Crippen LogP contribution in [-0.4, -0.2) is 23.0 Å². The molecule has 2 aromatic rings. The van der Waals surface area contributed by atoms with Gasteiger partial charge in [0.05, 0.1) is 0 Å². The minimum atomic E-state index is -0.597. The maximum Gasteiger partial charge on any atom is 0.275 e. The number of methoxy groups -OCH3 is 1. The van der Waals surface area contributed by atoms with Crippen LogP contribution in [-0.2, 0) is 15.2 Å². The van der Waals surface area contributed by atoms with E-state index in [9.17, 15) is 0 Å². The first-order valence-electron chi connectivity index (χ1n) is 6.77. The molecule has 0 aliphatic carbocycles. The van der Waals surface area contributed by atoms with Crippen LogP contribution in [0.15, 0.2) is 40.0 Å². The van der Waals surface area contributed by atoms with Gasteiger partial charge in [0, 0.05) is 13.5 Å². The average Bonchev–Trinajstić information content (AvgIpc) is 3.17. The number of ether oxygens (including phenoxy) is 1. The molecule has 6 heteroatoms. The summed E-state index contributed by atoms with van der Waals surface area (Å²) in [5.41, 5.74) is 1.14. The first-order chi connectivity index (χ1) is 10.1. The number of oxime groups is 1. The zero-order chi connectivity index (χ0) is 14.9. The maximum atomic E-state index is 5.46. The molecule has 1 aromatic carbocycles. The number of nitrogens with zero attached hydrogens (tertiary/aromatic N) is 3. The normalized spacial score (nSPS) is 18.4. The Labute approximate surface area is 122 Å². The number of aromatic nitrogens is 2. The average molecular weight is 287 g/mol. The maximum absolute atomic E-state index is 5.46. The Morgan fingerprint density at radius 2 is 2.00 bits per heavy atom. The van der Waals surface area contributed by atoms with Gasteiger partial charge >= 0.3 is 0 Å². The summed E-state index contributed by atoms with van der Waals surface area (Å²) in [5, 5.41) is 8.02. The van der Waals surface area contributed by atoms with Gasteiger partial charge < -0.3 is 14.1 Å². The molecular formula is C15H17N3O3. The van der Waals surface area contributed by atoms with Crippen LogP contribution in [0.4, 0.5) is 0 Å². The van der Waals surface area contributed by atoms with Gasteiger partial charge in [-0.05, 0) is 19.4 Å². The molecule has 0 N–H and O–H groups in total. The predicted octanol–water partition coefficient (Wildman–Crippen LogP) is 2.82. The molecule has 0 spiro atoms. The first kappa shape index (κ1) is 13.8. The smallest absolute Gasteiger partial charge is 0.275 e. The Bertz CT molecular complexity index is 649. The SMILES string of the molecule is COC(C)(C)c1noc(C2=NO[C@@H](c3ccccc3)C2)n1. The lowest BCUT2D eigenvalue weighted by atomic mass is 10.0. The van der Waals surface area contributed by atoms with Gasteiger partial charge in [0.25, 0.3) is 5.89 Å². The summed E-state index contributed by atoms with van der Waals surface area (Å²) in [6, 6.07) is 9.94. The van der Waals surface area contributed by atoms with Crippen LogP contribution in [0.25, 0.3) is 0 Å². The summed E-state index contributed by atoms with van der Waals surface area (Å²) in [6.45, 7) is 3.75. The van der Waals surface area contributed by atoms with Gasteiger partial charge in [0.1, 0.15) is 11.3 Å². The second-order valence-corrected chi connectivity index (χ2v) is 5.38. The summed E-state index contributed by atoms with van der Waals surface area (Å²) in [6.07, 6.45) is 0.506. The highest BCUT2D eigenvalue weighted by Crippen LogP contribution is 2.29. The predicted molar refractivity (Wildman–Crippen MR) is 75.8 cm³/mol. The van der Waals surface area contributed by atoms with Gasteiger partial charge in [0.15, 0.2) is 6.10 Å². The molecule has 0 amide bonds. The Morgan fingerprint density at radius 1 is 1.24 bits per heavy atom. The lowest BCUT2D eigenvalue weighted by Gasteiger charge is -2.17. The van der Waals surface area contributed by atoms with Crippen LogP contribution in [0.3, 0.4) is 0 Å². The van der Waals surface area contributed by atoms with E-state index in [1.54, 1.807) is 7.11 Å². The van der Waals surface area contributed by atoms with Crippen molar-refractivity contribution < 1.29 is 14.1 Å². The fraction of sp³-hybridized carbons (Fsp3) is 0.400. The molecule has 1 aliphatic heterocycles. The Hall–Kier alpha value is -2.21. The highest BCUT2D eigenvalue weighted by Gasteiger charge is 2.31. The lowest BCUT2D eigenvalue weighted by molar-refractivity contribution is 0.00973. The van der Waals surface area contributed by atoms with E-state index in [1.807, 2.05) is 44.2 Å². The van der Waals surface area contributed by atoms with E-state index in [4.69, 9.17) is 14.1 Å². The quantitative estimate of drug-likeness (QED) is 0.864. The molecule has 1 aliphatic rings. The molecule has 0 saturated heterocycles. The van der Waals surface area contributed by atoms with Gasteiger partial charge in [-0.2, -0.15) is 4.98 Å². The van der Waals surface area contributed by atoms with E-state index in [-0.39, 0.29) is 6.10 Å². The summed E-state index contributed by atoms with van der Waals surface area (Å²) < 4.78 is 10.6. The topological polar surface area (TPSA) is 69.7 Å². The van der Waals surface area contributed by atoms with Crippen molar-refractivity contribution >= 4 is 5.71 Å². The van der Waals surface area contributed by atoms with Crippen molar-refractivity contribution in [2.75, 3.05) is 7.11 Å². The van der Waals surface area contributed by atoms with Gasteiger partial charge in [-0.15, -0.1) is 0 Å². The number of rotatable bonds is 4. The van der Waals surface area contributed by atoms with Crippen molar-refractivity contribution in [1.82, 2.24) is 10.1 Å². The molecule has 6 nitrogen and oxygen atoms in total. The van der Waals surface area contributed by atoms with Gasteiger partial charge in [-0.3, -0.25) is 0 Å². The molecule has 0 unspecified atom stereocenters. The Morgan fingerprint density at radius 3 is 2.71 bits per heavy atom. The second kappa shape index (κ2) is 5.29. The van der Waals surface area contributed by atoms with Crippen molar-refractivity contribution in [2.24, 2.45) is 5.16 Å². The van der Waals surface area contributed by atoms with E-state index in [0.717, 1.165) is 5.56 Å². The van der Waals surface area contributed by atoms with E-state index < -0.39 is 5.60 Å². The Balaban J connectivity index is 1.75. The van der Waals surface area contributed by atoms with Crippen LogP contribution in [0.5, 0.6) is 0 Å². The Kier molecular flexibility index (Phi) is 3.47. The van der Waals surface area contributed by atoms with Crippen molar-refractivity contribution in [3.8, 4) is 0 Å². The summed E-state index contributed by atoms with van der Waals surface area (Å²) >= 11 is 0. The van der Waals surface area contributed by atoms with Crippen molar-refractivity contribution in [1.29, 1.82) is 0 Å². The summed E-state index contributed by atoms with van der Waals surface area (Å²) in [4.78, 5) is 9.81. The van der Waals surface area contributed by atoms with Crippen LogP contribution in [0, 0.1) is 0 Å². The molecule has 1 atom stereocenters. The number of hydrogen-bond acceptors (Lipinski definition) is 6. The van der Waals surface area contributed by atoms with Crippen molar-refractivity contribution in [2.45, 2.75) is 32.0 Å². The molecule has 3 rings (SSSR count). The second-order valence-electron chi connectivity index (χ2n) is 5.38. The molecular weight excluding hydrogens is 270 g/mol. The van der Waals surface area contributed by atoms with Crippen molar-refractivity contribution in [3.63, 3.8) is 0 Å².